The van der Waals surface area contributed by atoms with Gasteiger partial charge in [-0.25, -0.2) is 0 Å². The lowest BCUT2D eigenvalue weighted by Crippen LogP contribution is -1.86. The summed E-state index contributed by atoms with van der Waals surface area (Å²) in [6.45, 7) is 4.53. The van der Waals surface area contributed by atoms with Gasteiger partial charge in [-0.15, -0.1) is 34.0 Å². The molecule has 9 rings (SSSR count). The molecule has 0 atom stereocenters. The van der Waals surface area contributed by atoms with Crippen molar-refractivity contribution in [3.63, 3.8) is 0 Å². The maximum Gasteiger partial charge on any atom is 0.0369 e. The number of benzene rings is 6. The lowest BCUT2D eigenvalue weighted by atomic mass is 10.00. The third kappa shape index (κ3) is 7.11. The quantitative estimate of drug-likeness (QED) is 0.109. The average Bonchev–Trinajstić information content (AvgIpc) is 3.91. The van der Waals surface area contributed by atoms with Crippen molar-refractivity contribution >= 4 is 74.4 Å². The normalized spacial score (nSPS) is 11.8. The van der Waals surface area contributed by atoms with E-state index in [4.69, 9.17) is 0 Å². The van der Waals surface area contributed by atoms with Crippen LogP contribution in [0.4, 0.5) is 0 Å². The second-order valence-electron chi connectivity index (χ2n) is 14.6. The summed E-state index contributed by atoms with van der Waals surface area (Å²) in [7, 11) is 0. The Balaban J connectivity index is 0.943. The van der Waals surface area contributed by atoms with Crippen LogP contribution in [0.1, 0.15) is 63.5 Å². The number of hydrogen-bond acceptors (Lipinski definition) is 3. The molecule has 0 unspecified atom stereocenters. The summed E-state index contributed by atoms with van der Waals surface area (Å²) in [5.41, 5.74) is 10.6. The van der Waals surface area contributed by atoms with Crippen LogP contribution in [-0.2, 0) is 12.8 Å². The molecule has 53 heavy (non-hydrogen) atoms. The van der Waals surface area contributed by atoms with E-state index < -0.39 is 0 Å². The van der Waals surface area contributed by atoms with Gasteiger partial charge in [-0.3, -0.25) is 0 Å². The fraction of sp³-hybridized carbons (Fsp3) is 0.200. The summed E-state index contributed by atoms with van der Waals surface area (Å²) < 4.78 is 5.46. The van der Waals surface area contributed by atoms with Gasteiger partial charge in [0, 0.05) is 39.3 Å². The summed E-state index contributed by atoms with van der Waals surface area (Å²) in [6.07, 6.45) is 10.1. The van der Waals surface area contributed by atoms with Crippen LogP contribution in [0.5, 0.6) is 0 Å². The Morgan fingerprint density at radius 3 is 1.08 bits per heavy atom. The van der Waals surface area contributed by atoms with Gasteiger partial charge in [-0.1, -0.05) is 137 Å². The van der Waals surface area contributed by atoms with Crippen LogP contribution >= 0.6 is 34.0 Å². The van der Waals surface area contributed by atoms with Gasteiger partial charge in [0.2, 0.25) is 0 Å². The molecule has 3 heterocycles. The Bertz CT molecular complexity index is 2460. The number of aryl methyl sites for hydroxylation is 2. The minimum atomic E-state index is 1.18. The Labute approximate surface area is 325 Å². The molecular weight excluding hydrogens is 697 g/mol. The molecule has 3 heteroatoms. The van der Waals surface area contributed by atoms with E-state index in [1.54, 1.807) is 0 Å². The van der Waals surface area contributed by atoms with Crippen molar-refractivity contribution in [3.8, 4) is 43.1 Å². The zero-order valence-corrected chi connectivity index (χ0v) is 33.0. The van der Waals surface area contributed by atoms with E-state index in [-0.39, 0.29) is 0 Å². The molecular formula is C50H44S3. The number of thiophene rings is 3. The molecule has 0 saturated heterocycles. The molecule has 6 aromatic carbocycles. The van der Waals surface area contributed by atoms with E-state index >= 15 is 0 Å². The average molecular weight is 741 g/mol. The zero-order valence-electron chi connectivity index (χ0n) is 30.6. The first-order chi connectivity index (χ1) is 26.1. The highest BCUT2D eigenvalue weighted by Gasteiger charge is 2.14. The Morgan fingerprint density at radius 1 is 0.340 bits per heavy atom. The van der Waals surface area contributed by atoms with Gasteiger partial charge in [0.25, 0.3) is 0 Å². The highest BCUT2D eigenvalue weighted by Crippen LogP contribution is 2.44. The molecule has 3 aromatic heterocycles. The van der Waals surface area contributed by atoms with Gasteiger partial charge in [-0.2, -0.15) is 0 Å². The monoisotopic (exact) mass is 740 g/mol. The third-order valence-electron chi connectivity index (χ3n) is 10.8. The van der Waals surface area contributed by atoms with E-state index in [2.05, 4.69) is 147 Å². The Hall–Kier alpha value is -4.54. The van der Waals surface area contributed by atoms with Crippen molar-refractivity contribution < 1.29 is 0 Å². The molecule has 0 amide bonds. The molecule has 0 fully saturated rings. The number of fused-ring (bicyclic) bond motifs is 5. The predicted octanol–water partition coefficient (Wildman–Crippen LogP) is 16.6. The second kappa shape index (κ2) is 15.1. The van der Waals surface area contributed by atoms with Gasteiger partial charge in [0.1, 0.15) is 0 Å². The molecule has 0 saturated carbocycles. The maximum absolute atomic E-state index is 2.43. The molecule has 0 bridgehead atoms. The van der Waals surface area contributed by atoms with Crippen LogP contribution in [0.3, 0.4) is 0 Å². The van der Waals surface area contributed by atoms with Crippen molar-refractivity contribution in [2.24, 2.45) is 0 Å². The second-order valence-corrected chi connectivity index (χ2v) is 17.8. The first-order valence-electron chi connectivity index (χ1n) is 19.3. The van der Waals surface area contributed by atoms with Crippen LogP contribution < -0.4 is 0 Å². The largest absolute Gasteiger partial charge is 0.135 e. The van der Waals surface area contributed by atoms with E-state index in [9.17, 15) is 0 Å². The van der Waals surface area contributed by atoms with Crippen molar-refractivity contribution in [1.29, 1.82) is 0 Å². The molecule has 0 aliphatic carbocycles. The summed E-state index contributed by atoms with van der Waals surface area (Å²) in [4.78, 5) is 2.66. The SMILES string of the molecule is CCCCCc1ccc(-c2ccc(-c3cc4cc5c(cc4s3)sc3cc4sc(-c6ccc(-c7ccc(CCCCC)cc7)cc6)cc4cc35)cc2)cc1. The smallest absolute Gasteiger partial charge is 0.0369 e. The fourth-order valence-electron chi connectivity index (χ4n) is 7.67. The molecule has 262 valence electrons. The molecule has 0 aliphatic rings. The summed E-state index contributed by atoms with van der Waals surface area (Å²) in [6, 6.07) is 51.1. The molecule has 0 N–H and O–H groups in total. The lowest BCUT2D eigenvalue weighted by molar-refractivity contribution is 0.717. The van der Waals surface area contributed by atoms with E-state index in [0.717, 1.165) is 0 Å². The van der Waals surface area contributed by atoms with Crippen molar-refractivity contribution in [2.45, 2.75) is 65.2 Å². The van der Waals surface area contributed by atoms with Crippen LogP contribution in [0.2, 0.25) is 0 Å². The molecule has 9 aromatic rings. The van der Waals surface area contributed by atoms with Crippen molar-refractivity contribution in [3.05, 3.63) is 145 Å². The maximum atomic E-state index is 2.43. The van der Waals surface area contributed by atoms with Crippen LogP contribution in [0.15, 0.2) is 133 Å². The van der Waals surface area contributed by atoms with Crippen LogP contribution in [0, 0.1) is 0 Å². The summed E-state index contributed by atoms with van der Waals surface area (Å²) in [5, 5.41) is 5.39. The van der Waals surface area contributed by atoms with Crippen LogP contribution in [-0.4, -0.2) is 0 Å². The van der Waals surface area contributed by atoms with Gasteiger partial charge in [0.15, 0.2) is 0 Å². The standard InChI is InChI=1S/C50H44S3/c1-3-5-7-9-33-11-15-35(16-12-33)37-19-23-39(24-20-37)45-29-41-27-43-44-28-42-30-46(52-48(42)32-50(44)53-49(43)31-47(41)51-45)40-25-21-38(22-26-40)36-17-13-34(14-18-36)10-8-6-4-2/h11-32H,3-10H2,1-2H3. The van der Waals surface area contributed by atoms with Gasteiger partial charge >= 0.3 is 0 Å². The number of rotatable bonds is 12. The lowest BCUT2D eigenvalue weighted by Gasteiger charge is -2.06. The topological polar surface area (TPSA) is 0 Å². The van der Waals surface area contributed by atoms with Crippen molar-refractivity contribution in [2.75, 3.05) is 0 Å². The Kier molecular flexibility index (Phi) is 9.73. The molecule has 0 radical (unpaired) electrons. The van der Waals surface area contributed by atoms with E-state index in [1.165, 1.54) is 146 Å². The van der Waals surface area contributed by atoms with Gasteiger partial charge < -0.3 is 0 Å². The summed E-state index contributed by atoms with van der Waals surface area (Å²) >= 11 is 5.74. The van der Waals surface area contributed by atoms with Crippen molar-refractivity contribution in [1.82, 2.24) is 0 Å². The molecule has 0 aliphatic heterocycles. The molecule has 0 nitrogen and oxygen atoms in total. The third-order valence-corrected chi connectivity index (χ3v) is 14.2. The fourth-order valence-corrected chi connectivity index (χ4v) is 11.1. The predicted molar refractivity (Wildman–Crippen MR) is 238 cm³/mol. The summed E-state index contributed by atoms with van der Waals surface area (Å²) in [5.74, 6) is 0. The highest BCUT2D eigenvalue weighted by atomic mass is 32.1. The zero-order chi connectivity index (χ0) is 35.7. The van der Waals surface area contributed by atoms with E-state index in [0.29, 0.717) is 0 Å². The first kappa shape index (κ1) is 34.2. The molecule has 0 spiro atoms. The van der Waals surface area contributed by atoms with Gasteiger partial charge in [-0.05, 0) is 117 Å². The first-order valence-corrected chi connectivity index (χ1v) is 21.8. The Morgan fingerprint density at radius 2 is 0.698 bits per heavy atom. The van der Waals surface area contributed by atoms with Crippen LogP contribution in [0.25, 0.3) is 83.5 Å². The minimum Gasteiger partial charge on any atom is -0.135 e. The highest BCUT2D eigenvalue weighted by molar-refractivity contribution is 7.27. The minimum absolute atomic E-state index is 1.18. The number of unbranched alkanes of at least 4 members (excludes halogenated alkanes) is 4. The van der Waals surface area contributed by atoms with Gasteiger partial charge in [0.05, 0.1) is 0 Å². The van der Waals surface area contributed by atoms with E-state index in [1.807, 2.05) is 34.0 Å². The number of hydrogen-bond donors (Lipinski definition) is 0.